The van der Waals surface area contributed by atoms with Gasteiger partial charge in [-0.2, -0.15) is 0 Å². The van der Waals surface area contributed by atoms with Gasteiger partial charge in [-0.15, -0.1) is 0 Å². The molecule has 0 aliphatic heterocycles. The van der Waals surface area contributed by atoms with Gasteiger partial charge < -0.3 is 9.84 Å². The van der Waals surface area contributed by atoms with E-state index in [9.17, 15) is 4.79 Å². The fraction of sp³-hybridized carbons (Fsp3) is 0.727. The van der Waals surface area contributed by atoms with E-state index < -0.39 is 0 Å². The van der Waals surface area contributed by atoms with Crippen LogP contribution in [0.4, 0.5) is 0 Å². The van der Waals surface area contributed by atoms with Crippen LogP contribution >= 0.6 is 0 Å². The van der Waals surface area contributed by atoms with Gasteiger partial charge in [0.25, 0.3) is 0 Å². The van der Waals surface area contributed by atoms with E-state index in [0.717, 1.165) is 19.3 Å². The minimum Gasteiger partial charge on any atom is -0.459 e. The highest BCUT2D eigenvalue weighted by atomic mass is 16.5. The summed E-state index contributed by atoms with van der Waals surface area (Å²) in [5.41, 5.74) is 0.426. The molecule has 0 aliphatic rings. The zero-order chi connectivity index (χ0) is 11.0. The van der Waals surface area contributed by atoms with Crippen LogP contribution in [0.1, 0.15) is 39.5 Å². The normalized spacial score (nSPS) is 12.2. The fourth-order valence-corrected chi connectivity index (χ4v) is 1.16. The highest BCUT2D eigenvalue weighted by Crippen LogP contribution is 2.11. The average molecular weight is 200 g/mol. The van der Waals surface area contributed by atoms with Gasteiger partial charge in [0.2, 0.25) is 0 Å². The second kappa shape index (κ2) is 7.56. The molecule has 0 aromatic heterocycles. The molecule has 0 saturated carbocycles. The first-order chi connectivity index (χ1) is 6.61. The number of hydrogen-bond acceptors (Lipinski definition) is 3. The smallest absolute Gasteiger partial charge is 0.333 e. The van der Waals surface area contributed by atoms with Gasteiger partial charge >= 0.3 is 5.97 Å². The standard InChI is InChI=1S/C11H20O3/c1-4-6-10(7-5-8-12)14-11(13)9(2)3/h10,12H,2,4-8H2,1,3H3. The van der Waals surface area contributed by atoms with Gasteiger partial charge in [0, 0.05) is 12.2 Å². The molecule has 0 spiro atoms. The lowest BCUT2D eigenvalue weighted by Gasteiger charge is -2.16. The van der Waals surface area contributed by atoms with Crippen molar-refractivity contribution in [2.45, 2.75) is 45.6 Å². The highest BCUT2D eigenvalue weighted by molar-refractivity contribution is 5.87. The number of carbonyl (C=O) groups is 1. The molecule has 0 saturated heterocycles. The number of aliphatic hydroxyl groups excluding tert-OH is 1. The molecular formula is C11H20O3. The summed E-state index contributed by atoms with van der Waals surface area (Å²) < 4.78 is 5.20. The van der Waals surface area contributed by atoms with Crippen LogP contribution in [0.5, 0.6) is 0 Å². The Labute approximate surface area is 85.8 Å². The molecule has 0 fully saturated rings. The summed E-state index contributed by atoms with van der Waals surface area (Å²) in [6.07, 6.45) is 3.15. The topological polar surface area (TPSA) is 46.5 Å². The lowest BCUT2D eigenvalue weighted by Crippen LogP contribution is -2.18. The van der Waals surface area contributed by atoms with E-state index >= 15 is 0 Å². The Hall–Kier alpha value is -0.830. The summed E-state index contributed by atoms with van der Waals surface area (Å²) in [7, 11) is 0. The monoisotopic (exact) mass is 200 g/mol. The number of carbonyl (C=O) groups excluding carboxylic acids is 1. The van der Waals surface area contributed by atoms with Gasteiger partial charge in [-0.3, -0.25) is 0 Å². The third-order valence-electron chi connectivity index (χ3n) is 1.92. The number of rotatable bonds is 7. The Morgan fingerprint density at radius 1 is 1.50 bits per heavy atom. The van der Waals surface area contributed by atoms with Crippen LogP contribution in [0.2, 0.25) is 0 Å². The van der Waals surface area contributed by atoms with Crippen LogP contribution in [-0.2, 0) is 9.53 Å². The van der Waals surface area contributed by atoms with E-state index in [1.165, 1.54) is 0 Å². The molecule has 0 aromatic rings. The molecule has 3 nitrogen and oxygen atoms in total. The van der Waals surface area contributed by atoms with Crippen LogP contribution in [0, 0.1) is 0 Å². The second-order valence-corrected chi connectivity index (χ2v) is 3.46. The summed E-state index contributed by atoms with van der Waals surface area (Å²) in [5.74, 6) is -0.332. The van der Waals surface area contributed by atoms with Crippen molar-refractivity contribution in [2.24, 2.45) is 0 Å². The molecule has 3 heteroatoms. The van der Waals surface area contributed by atoms with Crippen LogP contribution in [0.15, 0.2) is 12.2 Å². The molecule has 0 bridgehead atoms. The van der Waals surface area contributed by atoms with E-state index in [4.69, 9.17) is 9.84 Å². The number of hydrogen-bond donors (Lipinski definition) is 1. The van der Waals surface area contributed by atoms with Gasteiger partial charge in [0.05, 0.1) is 0 Å². The number of esters is 1. The van der Waals surface area contributed by atoms with Crippen molar-refractivity contribution in [3.63, 3.8) is 0 Å². The molecule has 0 aromatic carbocycles. The lowest BCUT2D eigenvalue weighted by atomic mass is 10.1. The van der Waals surface area contributed by atoms with E-state index in [1.54, 1.807) is 6.92 Å². The van der Waals surface area contributed by atoms with Crippen molar-refractivity contribution in [1.82, 2.24) is 0 Å². The van der Waals surface area contributed by atoms with Gasteiger partial charge in [-0.05, 0) is 26.2 Å². The van der Waals surface area contributed by atoms with Crippen molar-refractivity contribution in [3.05, 3.63) is 12.2 Å². The van der Waals surface area contributed by atoms with Crippen molar-refractivity contribution in [1.29, 1.82) is 0 Å². The molecule has 82 valence electrons. The first kappa shape index (κ1) is 13.2. The maximum Gasteiger partial charge on any atom is 0.333 e. The molecule has 14 heavy (non-hydrogen) atoms. The predicted octanol–water partition coefficient (Wildman–Crippen LogP) is 2.05. The summed E-state index contributed by atoms with van der Waals surface area (Å²) >= 11 is 0. The third kappa shape index (κ3) is 5.75. The minimum atomic E-state index is -0.332. The van der Waals surface area contributed by atoms with Crippen LogP contribution in [0.3, 0.4) is 0 Å². The van der Waals surface area contributed by atoms with Crippen LogP contribution < -0.4 is 0 Å². The molecule has 0 amide bonds. The van der Waals surface area contributed by atoms with Crippen molar-refractivity contribution >= 4 is 5.97 Å². The first-order valence-corrected chi connectivity index (χ1v) is 5.09. The second-order valence-electron chi connectivity index (χ2n) is 3.46. The Balaban J connectivity index is 3.94. The molecule has 1 atom stereocenters. The van der Waals surface area contributed by atoms with Crippen molar-refractivity contribution in [2.75, 3.05) is 6.61 Å². The van der Waals surface area contributed by atoms with Gasteiger partial charge in [0.15, 0.2) is 0 Å². The Kier molecular flexibility index (Phi) is 7.11. The Bertz CT molecular complexity index is 187. The molecule has 0 aliphatic carbocycles. The van der Waals surface area contributed by atoms with E-state index in [1.807, 2.05) is 6.92 Å². The molecule has 0 heterocycles. The lowest BCUT2D eigenvalue weighted by molar-refractivity contribution is -0.145. The van der Waals surface area contributed by atoms with Crippen molar-refractivity contribution in [3.8, 4) is 0 Å². The van der Waals surface area contributed by atoms with Crippen LogP contribution in [-0.4, -0.2) is 23.8 Å². The zero-order valence-electron chi connectivity index (χ0n) is 9.08. The SMILES string of the molecule is C=C(C)C(=O)OC(CCC)CCCO. The first-order valence-electron chi connectivity index (χ1n) is 5.09. The summed E-state index contributed by atoms with van der Waals surface area (Å²) in [6.45, 7) is 7.35. The summed E-state index contributed by atoms with van der Waals surface area (Å²) in [4.78, 5) is 11.2. The predicted molar refractivity (Wildman–Crippen MR) is 55.9 cm³/mol. The molecule has 1 N–H and O–H groups in total. The molecule has 1 unspecified atom stereocenters. The Morgan fingerprint density at radius 3 is 2.57 bits per heavy atom. The van der Waals surface area contributed by atoms with E-state index in [-0.39, 0.29) is 18.7 Å². The third-order valence-corrected chi connectivity index (χ3v) is 1.92. The largest absolute Gasteiger partial charge is 0.459 e. The Morgan fingerprint density at radius 2 is 2.14 bits per heavy atom. The molecular weight excluding hydrogens is 180 g/mol. The average Bonchev–Trinajstić information content (AvgIpc) is 2.14. The van der Waals surface area contributed by atoms with Gasteiger partial charge in [-0.25, -0.2) is 4.79 Å². The van der Waals surface area contributed by atoms with E-state index in [2.05, 4.69) is 6.58 Å². The van der Waals surface area contributed by atoms with Gasteiger partial charge in [-0.1, -0.05) is 19.9 Å². The quantitative estimate of drug-likeness (QED) is 0.505. The highest BCUT2D eigenvalue weighted by Gasteiger charge is 2.13. The van der Waals surface area contributed by atoms with Crippen molar-refractivity contribution < 1.29 is 14.6 Å². The number of ether oxygens (including phenoxy) is 1. The molecule has 0 rings (SSSR count). The number of aliphatic hydroxyl groups is 1. The molecule has 0 radical (unpaired) electrons. The fourth-order valence-electron chi connectivity index (χ4n) is 1.16. The summed E-state index contributed by atoms with van der Waals surface area (Å²) in [6, 6.07) is 0. The minimum absolute atomic E-state index is 0.0728. The maximum absolute atomic E-state index is 11.2. The zero-order valence-corrected chi connectivity index (χ0v) is 9.08. The summed E-state index contributed by atoms with van der Waals surface area (Å²) in [5, 5.41) is 8.67. The van der Waals surface area contributed by atoms with E-state index in [0.29, 0.717) is 12.0 Å². The van der Waals surface area contributed by atoms with Gasteiger partial charge in [0.1, 0.15) is 6.10 Å². The van der Waals surface area contributed by atoms with Crippen LogP contribution in [0.25, 0.3) is 0 Å². The maximum atomic E-state index is 11.2.